The molecule has 0 aromatic carbocycles. The minimum Gasteiger partial charge on any atom is -0.378 e. The molecule has 0 bridgehead atoms. The highest BCUT2D eigenvalue weighted by Gasteiger charge is 2.24. The van der Waals surface area contributed by atoms with Crippen LogP contribution in [0.25, 0.3) is 0 Å². The quantitative estimate of drug-likeness (QED) is 0.336. The summed E-state index contributed by atoms with van der Waals surface area (Å²) in [6.45, 7) is 8.25. The molecule has 1 aliphatic heterocycles. The van der Waals surface area contributed by atoms with E-state index in [1.54, 1.807) is 19.0 Å². The Kier molecular flexibility index (Phi) is 11.6. The van der Waals surface area contributed by atoms with Gasteiger partial charge in [0.15, 0.2) is 5.96 Å². The molecule has 2 fully saturated rings. The second kappa shape index (κ2) is 12.8. The highest BCUT2D eigenvalue weighted by atomic mass is 127. The Balaban J connectivity index is 0.00000364. The lowest BCUT2D eigenvalue weighted by atomic mass is 10.1. The summed E-state index contributed by atoms with van der Waals surface area (Å²) in [7, 11) is 3.54. The summed E-state index contributed by atoms with van der Waals surface area (Å²) >= 11 is 0. The van der Waals surface area contributed by atoms with E-state index in [1.807, 2.05) is 0 Å². The van der Waals surface area contributed by atoms with Crippen LogP contribution in [0.15, 0.2) is 4.99 Å². The molecule has 0 atom stereocenters. The smallest absolute Gasteiger partial charge is 0.243 e. The first kappa shape index (κ1) is 24.5. The van der Waals surface area contributed by atoms with Crippen LogP contribution in [0.1, 0.15) is 52.4 Å². The number of piperidine rings is 1. The number of hydrogen-bond donors (Lipinski definition) is 1. The first-order valence-electron chi connectivity index (χ1n) is 10.3. The van der Waals surface area contributed by atoms with E-state index in [9.17, 15) is 4.79 Å². The van der Waals surface area contributed by atoms with Crippen molar-refractivity contribution in [3.05, 3.63) is 0 Å². The fourth-order valence-corrected chi connectivity index (χ4v) is 3.53. The third kappa shape index (κ3) is 8.98. The van der Waals surface area contributed by atoms with E-state index in [1.165, 1.54) is 25.7 Å². The maximum atomic E-state index is 11.9. The van der Waals surface area contributed by atoms with E-state index < -0.39 is 0 Å². The first-order valence-corrected chi connectivity index (χ1v) is 10.3. The summed E-state index contributed by atoms with van der Waals surface area (Å²) in [6, 6.07) is 0. The van der Waals surface area contributed by atoms with Crippen LogP contribution in [0.2, 0.25) is 0 Å². The number of amides is 1. The van der Waals surface area contributed by atoms with Crippen LogP contribution in [-0.2, 0) is 9.53 Å². The molecule has 1 saturated carbocycles. The van der Waals surface area contributed by atoms with Gasteiger partial charge in [-0.1, -0.05) is 26.7 Å². The summed E-state index contributed by atoms with van der Waals surface area (Å²) in [5.41, 5.74) is 0. The minimum atomic E-state index is 0. The number of ether oxygens (including phenoxy) is 1. The Bertz CT molecular complexity index is 457. The number of aliphatic imine (C=N–C) groups is 1. The summed E-state index contributed by atoms with van der Waals surface area (Å²) in [4.78, 5) is 20.3. The maximum absolute atomic E-state index is 11.9. The molecule has 1 aliphatic carbocycles. The number of nitrogens with one attached hydrogen (secondary N) is 1. The van der Waals surface area contributed by atoms with Crippen molar-refractivity contribution in [2.45, 2.75) is 58.5 Å². The van der Waals surface area contributed by atoms with Gasteiger partial charge in [0, 0.05) is 40.3 Å². The summed E-state index contributed by atoms with van der Waals surface area (Å²) in [6.07, 6.45) is 7.89. The second-order valence-electron chi connectivity index (χ2n) is 8.37. The van der Waals surface area contributed by atoms with Gasteiger partial charge in [-0.2, -0.15) is 0 Å². The SMILES string of the molecule is CC(C)CNC(=NCC(=O)N(C)C)N1CCC(OCC2CCCC2)CC1.I. The third-order valence-electron chi connectivity index (χ3n) is 5.32. The molecule has 0 aromatic heterocycles. The molecule has 27 heavy (non-hydrogen) atoms. The van der Waals surface area contributed by atoms with Gasteiger partial charge in [0.05, 0.1) is 6.10 Å². The van der Waals surface area contributed by atoms with Crippen LogP contribution in [0.3, 0.4) is 0 Å². The first-order chi connectivity index (χ1) is 12.5. The van der Waals surface area contributed by atoms with Crippen molar-refractivity contribution in [1.29, 1.82) is 0 Å². The highest BCUT2D eigenvalue weighted by Crippen LogP contribution is 2.26. The zero-order chi connectivity index (χ0) is 18.9. The Morgan fingerprint density at radius 2 is 1.81 bits per heavy atom. The monoisotopic (exact) mass is 494 g/mol. The Morgan fingerprint density at radius 3 is 2.37 bits per heavy atom. The number of likely N-dealkylation sites (N-methyl/N-ethyl adjacent to an activating group) is 1. The van der Waals surface area contributed by atoms with Crippen LogP contribution in [0, 0.1) is 11.8 Å². The van der Waals surface area contributed by atoms with Crippen LogP contribution in [0.4, 0.5) is 0 Å². The fourth-order valence-electron chi connectivity index (χ4n) is 3.53. The molecule has 0 spiro atoms. The zero-order valence-electron chi connectivity index (χ0n) is 17.6. The maximum Gasteiger partial charge on any atom is 0.243 e. The predicted octanol–water partition coefficient (Wildman–Crippen LogP) is 2.97. The van der Waals surface area contributed by atoms with Crippen molar-refractivity contribution >= 4 is 35.8 Å². The van der Waals surface area contributed by atoms with Gasteiger partial charge in [-0.25, -0.2) is 4.99 Å². The van der Waals surface area contributed by atoms with Crippen LogP contribution >= 0.6 is 24.0 Å². The van der Waals surface area contributed by atoms with Crippen molar-refractivity contribution in [2.75, 3.05) is 46.9 Å². The van der Waals surface area contributed by atoms with E-state index in [0.29, 0.717) is 12.0 Å². The lowest BCUT2D eigenvalue weighted by molar-refractivity contribution is -0.127. The van der Waals surface area contributed by atoms with Crippen molar-refractivity contribution < 1.29 is 9.53 Å². The van der Waals surface area contributed by atoms with Gasteiger partial charge < -0.3 is 19.9 Å². The molecular weight excluding hydrogens is 455 g/mol. The van der Waals surface area contributed by atoms with Crippen LogP contribution < -0.4 is 5.32 Å². The van der Waals surface area contributed by atoms with Crippen molar-refractivity contribution in [2.24, 2.45) is 16.8 Å². The molecule has 1 saturated heterocycles. The molecule has 0 aromatic rings. The summed E-state index contributed by atoms with van der Waals surface area (Å²) in [5.74, 6) is 2.22. The van der Waals surface area contributed by atoms with Crippen LogP contribution in [-0.4, -0.2) is 74.7 Å². The number of halogens is 1. The average Bonchev–Trinajstić information content (AvgIpc) is 3.13. The molecule has 158 valence electrons. The average molecular weight is 494 g/mol. The highest BCUT2D eigenvalue weighted by molar-refractivity contribution is 14.0. The normalized spacial score (nSPS) is 19.3. The van der Waals surface area contributed by atoms with Gasteiger partial charge >= 0.3 is 0 Å². The topological polar surface area (TPSA) is 57.2 Å². The molecule has 1 amide bonds. The zero-order valence-corrected chi connectivity index (χ0v) is 19.9. The van der Waals surface area contributed by atoms with Crippen LogP contribution in [0.5, 0.6) is 0 Å². The van der Waals surface area contributed by atoms with Gasteiger partial charge in [0.2, 0.25) is 5.91 Å². The van der Waals surface area contributed by atoms with E-state index in [-0.39, 0.29) is 36.4 Å². The van der Waals surface area contributed by atoms with E-state index >= 15 is 0 Å². The third-order valence-corrected chi connectivity index (χ3v) is 5.32. The molecule has 0 radical (unpaired) electrons. The largest absolute Gasteiger partial charge is 0.378 e. The lowest BCUT2D eigenvalue weighted by Crippen LogP contribution is -2.48. The van der Waals surface area contributed by atoms with Crippen molar-refractivity contribution in [1.82, 2.24) is 15.1 Å². The van der Waals surface area contributed by atoms with E-state index in [2.05, 4.69) is 29.1 Å². The summed E-state index contributed by atoms with van der Waals surface area (Å²) < 4.78 is 6.18. The molecule has 1 heterocycles. The number of guanidine groups is 1. The van der Waals surface area contributed by atoms with Crippen molar-refractivity contribution in [3.8, 4) is 0 Å². The number of nitrogens with zero attached hydrogens (tertiary/aromatic N) is 3. The predicted molar refractivity (Wildman–Crippen MR) is 122 cm³/mol. The minimum absolute atomic E-state index is 0. The standard InChI is InChI=1S/C20H38N4O2.HI/c1-16(2)13-21-20(22-14-19(25)23(3)4)24-11-9-18(10-12-24)26-15-17-7-5-6-8-17;/h16-18H,5-15H2,1-4H3,(H,21,22);1H. The number of likely N-dealkylation sites (tertiary alicyclic amines) is 1. The van der Waals surface area contributed by atoms with Gasteiger partial charge in [-0.05, 0) is 37.5 Å². The number of carbonyl (C=O) groups is 1. The molecular formula is C20H39IN4O2. The lowest BCUT2D eigenvalue weighted by Gasteiger charge is -2.35. The van der Waals surface area contributed by atoms with Gasteiger partial charge in [0.25, 0.3) is 0 Å². The Labute approximate surface area is 182 Å². The Hall–Kier alpha value is -0.570. The Morgan fingerprint density at radius 1 is 1.19 bits per heavy atom. The van der Waals surface area contributed by atoms with Gasteiger partial charge in [0.1, 0.15) is 6.54 Å². The fraction of sp³-hybridized carbons (Fsp3) is 0.900. The number of hydrogen-bond acceptors (Lipinski definition) is 3. The molecule has 7 heteroatoms. The van der Waals surface area contributed by atoms with E-state index in [0.717, 1.165) is 51.0 Å². The number of rotatable bonds is 7. The molecule has 0 unspecified atom stereocenters. The molecule has 2 rings (SSSR count). The molecule has 2 aliphatic rings. The number of carbonyl (C=O) groups excluding carboxylic acids is 1. The molecule has 6 nitrogen and oxygen atoms in total. The molecule has 1 N–H and O–H groups in total. The van der Waals surface area contributed by atoms with Gasteiger partial charge in [-0.15, -0.1) is 24.0 Å². The summed E-state index contributed by atoms with van der Waals surface area (Å²) in [5, 5.41) is 3.44. The second-order valence-corrected chi connectivity index (χ2v) is 8.37. The van der Waals surface area contributed by atoms with Crippen molar-refractivity contribution in [3.63, 3.8) is 0 Å². The van der Waals surface area contributed by atoms with E-state index in [4.69, 9.17) is 4.74 Å². The van der Waals surface area contributed by atoms with Gasteiger partial charge in [-0.3, -0.25) is 4.79 Å².